The molecule has 3 heterocycles. The molecule has 0 radical (unpaired) electrons. The third-order valence-corrected chi connectivity index (χ3v) is 5.97. The van der Waals surface area contributed by atoms with Gasteiger partial charge in [0, 0.05) is 31.8 Å². The Balaban J connectivity index is 1.28. The summed E-state index contributed by atoms with van der Waals surface area (Å²) in [6.07, 6.45) is 5.12. The van der Waals surface area contributed by atoms with Crippen molar-refractivity contribution in [3.8, 4) is 0 Å². The first-order valence-electron chi connectivity index (χ1n) is 9.70. The lowest BCUT2D eigenvalue weighted by atomic mass is 9.81. The van der Waals surface area contributed by atoms with Crippen molar-refractivity contribution >= 4 is 5.95 Å². The standard InChI is InChI=1S/C20H25N3O3/c24-16-12-17(14-4-2-1-3-5-14)25-20(13-16)8-10-23(11-9-20)19-21-18(26-22-19)15-6-7-15/h1-5,15-17,24H,6-13H2/t16-,17-/m1/s1. The summed E-state index contributed by atoms with van der Waals surface area (Å²) in [6, 6.07) is 10.2. The van der Waals surface area contributed by atoms with E-state index in [-0.39, 0.29) is 17.8 Å². The van der Waals surface area contributed by atoms with Gasteiger partial charge in [-0.25, -0.2) is 0 Å². The smallest absolute Gasteiger partial charge is 0.266 e. The average molecular weight is 355 g/mol. The van der Waals surface area contributed by atoms with Gasteiger partial charge in [0.2, 0.25) is 5.89 Å². The molecule has 1 saturated carbocycles. The lowest BCUT2D eigenvalue weighted by Crippen LogP contribution is -2.51. The predicted molar refractivity (Wildman–Crippen MR) is 96.0 cm³/mol. The zero-order chi connectivity index (χ0) is 17.6. The van der Waals surface area contributed by atoms with Crippen LogP contribution in [-0.2, 0) is 4.74 Å². The molecule has 2 atom stereocenters. The lowest BCUT2D eigenvalue weighted by molar-refractivity contribution is -0.173. The highest BCUT2D eigenvalue weighted by Gasteiger charge is 2.44. The van der Waals surface area contributed by atoms with E-state index in [1.54, 1.807) is 0 Å². The van der Waals surface area contributed by atoms with Crippen molar-refractivity contribution in [1.29, 1.82) is 0 Å². The summed E-state index contributed by atoms with van der Waals surface area (Å²) in [7, 11) is 0. The molecular weight excluding hydrogens is 330 g/mol. The van der Waals surface area contributed by atoms with E-state index >= 15 is 0 Å². The first-order chi connectivity index (χ1) is 12.7. The molecule has 3 aliphatic rings. The number of hydrogen-bond acceptors (Lipinski definition) is 6. The van der Waals surface area contributed by atoms with Crippen LogP contribution >= 0.6 is 0 Å². The molecule has 6 heteroatoms. The molecule has 2 saturated heterocycles. The number of aliphatic hydroxyl groups is 1. The van der Waals surface area contributed by atoms with Crippen molar-refractivity contribution in [3.05, 3.63) is 41.8 Å². The summed E-state index contributed by atoms with van der Waals surface area (Å²) >= 11 is 0. The molecule has 5 rings (SSSR count). The molecule has 6 nitrogen and oxygen atoms in total. The minimum absolute atomic E-state index is 0.0295. The summed E-state index contributed by atoms with van der Waals surface area (Å²) in [5.74, 6) is 1.97. The number of ether oxygens (including phenoxy) is 1. The number of piperidine rings is 1. The fraction of sp³-hybridized carbons (Fsp3) is 0.600. The Morgan fingerprint density at radius 3 is 2.62 bits per heavy atom. The van der Waals surface area contributed by atoms with E-state index in [1.165, 1.54) is 0 Å². The second-order valence-corrected chi connectivity index (χ2v) is 7.99. The van der Waals surface area contributed by atoms with Gasteiger partial charge >= 0.3 is 0 Å². The van der Waals surface area contributed by atoms with Crippen LogP contribution in [0.3, 0.4) is 0 Å². The van der Waals surface area contributed by atoms with Crippen LogP contribution in [0.15, 0.2) is 34.9 Å². The lowest BCUT2D eigenvalue weighted by Gasteiger charge is -2.47. The van der Waals surface area contributed by atoms with Crippen LogP contribution in [0.25, 0.3) is 0 Å². The third kappa shape index (κ3) is 3.12. The zero-order valence-corrected chi connectivity index (χ0v) is 14.9. The van der Waals surface area contributed by atoms with E-state index in [0.29, 0.717) is 24.7 Å². The van der Waals surface area contributed by atoms with E-state index in [9.17, 15) is 5.11 Å². The van der Waals surface area contributed by atoms with Crippen LogP contribution in [0.5, 0.6) is 0 Å². The van der Waals surface area contributed by atoms with Gasteiger partial charge in [-0.2, -0.15) is 4.98 Å². The minimum Gasteiger partial charge on any atom is -0.393 e. The van der Waals surface area contributed by atoms with Gasteiger partial charge in [-0.3, -0.25) is 0 Å². The van der Waals surface area contributed by atoms with Gasteiger partial charge in [0.15, 0.2) is 0 Å². The fourth-order valence-electron chi connectivity index (χ4n) is 4.32. The normalized spacial score (nSPS) is 28.4. The van der Waals surface area contributed by atoms with E-state index in [2.05, 4.69) is 27.2 Å². The Labute approximate surface area is 153 Å². The highest BCUT2D eigenvalue weighted by Crippen LogP contribution is 2.44. The maximum atomic E-state index is 10.5. The molecule has 2 aromatic rings. The van der Waals surface area contributed by atoms with Crippen LogP contribution in [0.4, 0.5) is 5.95 Å². The number of aromatic nitrogens is 2. The molecule has 1 aromatic carbocycles. The van der Waals surface area contributed by atoms with E-state index in [0.717, 1.165) is 50.2 Å². The maximum Gasteiger partial charge on any atom is 0.266 e. The van der Waals surface area contributed by atoms with Gasteiger partial charge in [-0.05, 0) is 36.4 Å². The Hall–Kier alpha value is -1.92. The van der Waals surface area contributed by atoms with E-state index < -0.39 is 0 Å². The van der Waals surface area contributed by atoms with Crippen LogP contribution in [-0.4, -0.2) is 40.0 Å². The second kappa shape index (κ2) is 6.35. The monoisotopic (exact) mass is 355 g/mol. The third-order valence-electron chi connectivity index (χ3n) is 5.97. The molecule has 0 amide bonds. The summed E-state index contributed by atoms with van der Waals surface area (Å²) < 4.78 is 12.0. The highest BCUT2D eigenvalue weighted by molar-refractivity contribution is 5.30. The van der Waals surface area contributed by atoms with Gasteiger partial charge < -0.3 is 19.3 Å². The molecule has 2 aliphatic heterocycles. The number of hydrogen-bond donors (Lipinski definition) is 1. The van der Waals surface area contributed by atoms with Crippen molar-refractivity contribution in [2.24, 2.45) is 0 Å². The average Bonchev–Trinajstić information content (AvgIpc) is 3.40. The molecule has 3 fully saturated rings. The molecule has 0 unspecified atom stereocenters. The molecule has 138 valence electrons. The van der Waals surface area contributed by atoms with Crippen molar-refractivity contribution < 1.29 is 14.4 Å². The quantitative estimate of drug-likeness (QED) is 0.912. The second-order valence-electron chi connectivity index (χ2n) is 7.99. The largest absolute Gasteiger partial charge is 0.393 e. The van der Waals surface area contributed by atoms with Crippen molar-refractivity contribution in [3.63, 3.8) is 0 Å². The summed E-state index contributed by atoms with van der Waals surface area (Å²) in [4.78, 5) is 6.75. The van der Waals surface area contributed by atoms with Gasteiger partial charge in [0.05, 0.1) is 17.8 Å². The molecule has 1 aliphatic carbocycles. The minimum atomic E-state index is -0.313. The molecule has 26 heavy (non-hydrogen) atoms. The fourth-order valence-corrected chi connectivity index (χ4v) is 4.32. The van der Waals surface area contributed by atoms with Gasteiger partial charge in [-0.15, -0.1) is 0 Å². The Morgan fingerprint density at radius 1 is 1.12 bits per heavy atom. The van der Waals surface area contributed by atoms with Gasteiger partial charge in [0.25, 0.3) is 5.95 Å². The first kappa shape index (κ1) is 16.3. The zero-order valence-electron chi connectivity index (χ0n) is 14.9. The van der Waals surface area contributed by atoms with Crippen LogP contribution in [0, 0.1) is 0 Å². The van der Waals surface area contributed by atoms with Crippen molar-refractivity contribution in [2.75, 3.05) is 18.0 Å². The first-order valence-corrected chi connectivity index (χ1v) is 9.70. The number of nitrogens with zero attached hydrogens (tertiary/aromatic N) is 3. The van der Waals surface area contributed by atoms with Crippen LogP contribution < -0.4 is 4.90 Å². The summed E-state index contributed by atoms with van der Waals surface area (Å²) in [5, 5.41) is 14.6. The highest BCUT2D eigenvalue weighted by atomic mass is 16.5. The molecule has 1 N–H and O–H groups in total. The number of anilines is 1. The van der Waals surface area contributed by atoms with Gasteiger partial charge in [-0.1, -0.05) is 30.3 Å². The Morgan fingerprint density at radius 2 is 1.88 bits per heavy atom. The number of rotatable bonds is 3. The Bertz CT molecular complexity index is 751. The van der Waals surface area contributed by atoms with E-state index in [4.69, 9.17) is 9.26 Å². The van der Waals surface area contributed by atoms with Crippen molar-refractivity contribution in [2.45, 2.75) is 62.3 Å². The SMILES string of the molecule is O[C@@H]1C[C@H](c2ccccc2)OC2(CCN(c3noc(C4CC4)n3)CC2)C1. The number of benzene rings is 1. The summed E-state index contributed by atoms with van der Waals surface area (Å²) in [6.45, 7) is 1.66. The molecular formula is C20H25N3O3. The van der Waals surface area contributed by atoms with Crippen LogP contribution in [0.1, 0.15) is 62.0 Å². The van der Waals surface area contributed by atoms with E-state index in [1.807, 2.05) is 18.2 Å². The molecule has 0 bridgehead atoms. The maximum absolute atomic E-state index is 10.5. The topological polar surface area (TPSA) is 71.6 Å². The summed E-state index contributed by atoms with van der Waals surface area (Å²) in [5.41, 5.74) is 0.901. The molecule has 1 spiro atoms. The van der Waals surface area contributed by atoms with Crippen molar-refractivity contribution in [1.82, 2.24) is 10.1 Å². The van der Waals surface area contributed by atoms with Gasteiger partial charge in [0.1, 0.15) is 0 Å². The van der Waals surface area contributed by atoms with Crippen LogP contribution in [0.2, 0.25) is 0 Å². The Kier molecular flexibility index (Phi) is 3.98. The number of aliphatic hydroxyl groups excluding tert-OH is 1. The molecule has 1 aromatic heterocycles. The predicted octanol–water partition coefficient (Wildman–Crippen LogP) is 3.20.